The summed E-state index contributed by atoms with van der Waals surface area (Å²) in [4.78, 5) is 6.47. The molecule has 1 saturated heterocycles. The largest absolute Gasteiger partial charge is 0.355 e. The van der Waals surface area contributed by atoms with Crippen molar-refractivity contribution in [2.45, 2.75) is 24.3 Å². The molecule has 0 unspecified atom stereocenters. The summed E-state index contributed by atoms with van der Waals surface area (Å²) < 4.78 is 26.6. The van der Waals surface area contributed by atoms with Crippen LogP contribution in [-0.4, -0.2) is 37.8 Å². The van der Waals surface area contributed by atoms with Crippen LogP contribution in [0.1, 0.15) is 18.4 Å². The smallest absolute Gasteiger partial charge is 0.244 e. The van der Waals surface area contributed by atoms with Gasteiger partial charge in [-0.1, -0.05) is 29.3 Å². The minimum atomic E-state index is -3.43. The molecule has 2 heterocycles. The summed E-state index contributed by atoms with van der Waals surface area (Å²) in [5.41, 5.74) is 0.993. The molecule has 2 aromatic rings. The van der Waals surface area contributed by atoms with Crippen LogP contribution in [0, 0.1) is 0 Å². The van der Waals surface area contributed by atoms with Crippen LogP contribution >= 0.6 is 23.2 Å². The Bertz CT molecular complexity index is 851. The zero-order valence-electron chi connectivity index (χ0n) is 13.8. The molecule has 8 heteroatoms. The first kappa shape index (κ1) is 18.5. The normalized spacial score (nSPS) is 15.5. The Morgan fingerprint density at radius 1 is 1.12 bits per heavy atom. The maximum Gasteiger partial charge on any atom is 0.244 e. The molecule has 0 spiro atoms. The number of benzene rings is 1. The number of anilines is 1. The number of hydrogen-bond acceptors (Lipinski definition) is 4. The molecule has 0 atom stereocenters. The van der Waals surface area contributed by atoms with E-state index < -0.39 is 10.0 Å². The van der Waals surface area contributed by atoms with Crippen LogP contribution in [-0.2, 0) is 16.6 Å². The van der Waals surface area contributed by atoms with Gasteiger partial charge in [0.2, 0.25) is 10.0 Å². The predicted octanol–water partition coefficient (Wildman–Crippen LogP) is 3.81. The third kappa shape index (κ3) is 4.08. The molecule has 0 aliphatic carbocycles. The highest BCUT2D eigenvalue weighted by Gasteiger charge is 2.27. The number of rotatable bonds is 5. The second-order valence-electron chi connectivity index (χ2n) is 6.07. The fourth-order valence-corrected chi connectivity index (χ4v) is 4.60. The van der Waals surface area contributed by atoms with Crippen LogP contribution < -0.4 is 4.90 Å². The van der Waals surface area contributed by atoms with Gasteiger partial charge in [-0.25, -0.2) is 13.4 Å². The van der Waals surface area contributed by atoms with Crippen LogP contribution in [0.15, 0.2) is 41.4 Å². The van der Waals surface area contributed by atoms with Gasteiger partial charge in [0, 0.05) is 32.9 Å². The first-order valence-corrected chi connectivity index (χ1v) is 10.2. The second-order valence-corrected chi connectivity index (χ2v) is 8.82. The third-order valence-electron chi connectivity index (χ3n) is 4.22. The number of aromatic nitrogens is 1. The highest BCUT2D eigenvalue weighted by molar-refractivity contribution is 7.89. The molecule has 0 radical (unpaired) electrons. The summed E-state index contributed by atoms with van der Waals surface area (Å²) in [7, 11) is -1.54. The number of nitrogens with zero attached hydrogens (tertiary/aromatic N) is 3. The zero-order chi connectivity index (χ0) is 18.0. The lowest BCUT2D eigenvalue weighted by Gasteiger charge is -2.20. The van der Waals surface area contributed by atoms with Crippen molar-refractivity contribution in [3.05, 3.63) is 52.1 Å². The average molecular weight is 400 g/mol. The number of hydrogen-bond donors (Lipinski definition) is 0. The molecule has 0 saturated carbocycles. The molecule has 5 nitrogen and oxygen atoms in total. The molecule has 1 aliphatic heterocycles. The van der Waals surface area contributed by atoms with Crippen molar-refractivity contribution >= 4 is 39.0 Å². The summed E-state index contributed by atoms with van der Waals surface area (Å²) in [5, 5.41) is 1.02. The quantitative estimate of drug-likeness (QED) is 0.766. The van der Waals surface area contributed by atoms with Crippen LogP contribution in [0.25, 0.3) is 0 Å². The molecule has 1 aromatic heterocycles. The van der Waals surface area contributed by atoms with E-state index in [9.17, 15) is 8.42 Å². The van der Waals surface area contributed by atoms with E-state index >= 15 is 0 Å². The van der Waals surface area contributed by atoms with Crippen molar-refractivity contribution in [1.29, 1.82) is 0 Å². The van der Waals surface area contributed by atoms with Crippen molar-refractivity contribution in [2.75, 3.05) is 25.0 Å². The van der Waals surface area contributed by atoms with E-state index in [1.54, 1.807) is 18.2 Å². The van der Waals surface area contributed by atoms with E-state index in [0.29, 0.717) is 35.5 Å². The molecule has 3 rings (SSSR count). The lowest BCUT2D eigenvalue weighted by molar-refractivity contribution is 0.477. The summed E-state index contributed by atoms with van der Waals surface area (Å²) in [5.74, 6) is 0.687. The molecular weight excluding hydrogens is 381 g/mol. The molecule has 134 valence electrons. The molecule has 0 N–H and O–H groups in total. The van der Waals surface area contributed by atoms with E-state index in [4.69, 9.17) is 23.2 Å². The van der Waals surface area contributed by atoms with Crippen LogP contribution in [0.3, 0.4) is 0 Å². The van der Waals surface area contributed by atoms with Gasteiger partial charge in [-0.15, -0.1) is 0 Å². The van der Waals surface area contributed by atoms with E-state index in [0.717, 1.165) is 18.4 Å². The van der Waals surface area contributed by atoms with Gasteiger partial charge in [-0.05, 0) is 42.7 Å². The second kappa shape index (κ2) is 7.50. The Balaban J connectivity index is 1.74. The van der Waals surface area contributed by atoms with Gasteiger partial charge in [0.15, 0.2) is 0 Å². The van der Waals surface area contributed by atoms with Crippen LogP contribution in [0.4, 0.5) is 5.82 Å². The van der Waals surface area contributed by atoms with Crippen LogP contribution in [0.2, 0.25) is 10.0 Å². The molecule has 25 heavy (non-hydrogen) atoms. The Kier molecular flexibility index (Phi) is 5.53. The van der Waals surface area contributed by atoms with Gasteiger partial charge in [0.25, 0.3) is 0 Å². The van der Waals surface area contributed by atoms with E-state index in [-0.39, 0.29) is 4.90 Å². The molecule has 0 amide bonds. The highest BCUT2D eigenvalue weighted by atomic mass is 35.5. The Labute approximate surface area is 158 Å². The Morgan fingerprint density at radius 2 is 1.84 bits per heavy atom. The fraction of sp³-hybridized carbons (Fsp3) is 0.353. The first-order valence-electron chi connectivity index (χ1n) is 7.99. The summed E-state index contributed by atoms with van der Waals surface area (Å²) in [6, 6.07) is 8.80. The van der Waals surface area contributed by atoms with Crippen molar-refractivity contribution in [3.63, 3.8) is 0 Å². The van der Waals surface area contributed by atoms with Gasteiger partial charge < -0.3 is 4.90 Å². The maximum absolute atomic E-state index is 12.5. The highest BCUT2D eigenvalue weighted by Crippen LogP contribution is 2.25. The standard InChI is InChI=1S/C17H19Cl2N3O2S/c1-21(12-13-4-6-15(18)16(19)10-13)17-7-5-14(11-20-17)25(23,24)22-8-2-3-9-22/h4-7,10-11H,2-3,8-9,12H2,1H3. The SMILES string of the molecule is CN(Cc1ccc(Cl)c(Cl)c1)c1ccc(S(=O)(=O)N2CCCC2)cn1. The van der Waals surface area contributed by atoms with Gasteiger partial charge in [-0.3, -0.25) is 0 Å². The lowest BCUT2D eigenvalue weighted by atomic mass is 10.2. The lowest BCUT2D eigenvalue weighted by Crippen LogP contribution is -2.28. The first-order chi connectivity index (χ1) is 11.9. The molecule has 0 bridgehead atoms. The Hall–Kier alpha value is -1.34. The molecular formula is C17H19Cl2N3O2S. The summed E-state index contributed by atoms with van der Waals surface area (Å²) in [6.07, 6.45) is 3.25. The van der Waals surface area contributed by atoms with Gasteiger partial charge >= 0.3 is 0 Å². The number of halogens is 2. The zero-order valence-corrected chi connectivity index (χ0v) is 16.2. The average Bonchev–Trinajstić information content (AvgIpc) is 3.14. The van der Waals surface area contributed by atoms with E-state index in [1.807, 2.05) is 24.1 Å². The van der Waals surface area contributed by atoms with Crippen molar-refractivity contribution < 1.29 is 8.42 Å². The number of pyridine rings is 1. The monoisotopic (exact) mass is 399 g/mol. The maximum atomic E-state index is 12.5. The predicted molar refractivity (Wildman–Crippen MR) is 101 cm³/mol. The van der Waals surface area contributed by atoms with Gasteiger partial charge in [0.1, 0.15) is 10.7 Å². The molecule has 1 fully saturated rings. The van der Waals surface area contributed by atoms with Gasteiger partial charge in [-0.2, -0.15) is 4.31 Å². The van der Waals surface area contributed by atoms with Crippen molar-refractivity contribution in [1.82, 2.24) is 9.29 Å². The van der Waals surface area contributed by atoms with Crippen molar-refractivity contribution in [2.24, 2.45) is 0 Å². The minimum absolute atomic E-state index is 0.237. The topological polar surface area (TPSA) is 53.5 Å². The fourth-order valence-electron chi connectivity index (χ4n) is 2.82. The number of sulfonamides is 1. The summed E-state index contributed by atoms with van der Waals surface area (Å²) in [6.45, 7) is 1.75. The molecule has 1 aliphatic rings. The summed E-state index contributed by atoms with van der Waals surface area (Å²) >= 11 is 12.0. The van der Waals surface area contributed by atoms with Crippen LogP contribution in [0.5, 0.6) is 0 Å². The van der Waals surface area contributed by atoms with Gasteiger partial charge in [0.05, 0.1) is 10.0 Å². The van der Waals surface area contributed by atoms with Crippen molar-refractivity contribution in [3.8, 4) is 0 Å². The molecule has 1 aromatic carbocycles. The minimum Gasteiger partial charge on any atom is -0.355 e. The van der Waals surface area contributed by atoms with E-state index in [1.165, 1.54) is 10.5 Å². The Morgan fingerprint density at radius 3 is 2.44 bits per heavy atom. The van der Waals surface area contributed by atoms with E-state index in [2.05, 4.69) is 4.98 Å². The third-order valence-corrected chi connectivity index (χ3v) is 6.84.